The lowest BCUT2D eigenvalue weighted by Gasteiger charge is -2.25. The highest BCUT2D eigenvalue weighted by Crippen LogP contribution is 2.26. The summed E-state index contributed by atoms with van der Waals surface area (Å²) in [6, 6.07) is 22.8. The van der Waals surface area contributed by atoms with Gasteiger partial charge in [0.2, 0.25) is 5.91 Å². The van der Waals surface area contributed by atoms with Gasteiger partial charge in [-0.3, -0.25) is 9.10 Å². The number of nitrogens with zero attached hydrogens (tertiary/aromatic N) is 1. The third kappa shape index (κ3) is 4.84. The van der Waals surface area contributed by atoms with Crippen molar-refractivity contribution in [3.8, 4) is 0 Å². The number of nitrogens with one attached hydrogen (secondary N) is 1. The molecule has 0 aliphatic carbocycles. The molecule has 0 saturated heterocycles. The van der Waals surface area contributed by atoms with Gasteiger partial charge in [-0.15, -0.1) is 0 Å². The molecule has 0 aromatic heterocycles. The fourth-order valence-electron chi connectivity index (χ4n) is 3.02. The number of anilines is 2. The Morgan fingerprint density at radius 3 is 2.14 bits per heavy atom. The zero-order valence-electron chi connectivity index (χ0n) is 16.5. The Hall–Kier alpha value is -3.12. The van der Waals surface area contributed by atoms with E-state index in [1.807, 2.05) is 43.3 Å². The highest BCUT2D eigenvalue weighted by atomic mass is 32.2. The van der Waals surface area contributed by atoms with Gasteiger partial charge in [0.15, 0.2) is 0 Å². The quantitative estimate of drug-likeness (QED) is 0.630. The monoisotopic (exact) mass is 408 g/mol. The first-order valence-corrected chi connectivity index (χ1v) is 10.9. The molecule has 0 saturated carbocycles. The minimum atomic E-state index is -3.90. The Bertz CT molecular complexity index is 1080. The van der Waals surface area contributed by atoms with Crippen LogP contribution >= 0.6 is 0 Å². The van der Waals surface area contributed by atoms with E-state index < -0.39 is 15.9 Å². The van der Waals surface area contributed by atoms with Crippen LogP contribution in [0.25, 0.3) is 0 Å². The number of hydrogen-bond donors (Lipinski definition) is 1. The molecule has 1 amide bonds. The van der Waals surface area contributed by atoms with Crippen LogP contribution in [0.15, 0.2) is 83.8 Å². The zero-order chi connectivity index (χ0) is 20.9. The Balaban J connectivity index is 1.91. The summed E-state index contributed by atoms with van der Waals surface area (Å²) in [7, 11) is -3.90. The van der Waals surface area contributed by atoms with Crippen molar-refractivity contribution >= 4 is 27.3 Å². The fraction of sp³-hybridized carbons (Fsp3) is 0.174. The summed E-state index contributed by atoms with van der Waals surface area (Å²) in [4.78, 5) is 12.9. The Kier molecular flexibility index (Phi) is 6.34. The molecular formula is C23H24N2O3S. The van der Waals surface area contributed by atoms with E-state index >= 15 is 0 Å². The second-order valence-corrected chi connectivity index (χ2v) is 8.57. The topological polar surface area (TPSA) is 66.5 Å². The number of aryl methyl sites for hydroxylation is 2. The SMILES string of the molecule is CCc1ccc(NC(=O)CN(c2ccccc2C)S(=O)(=O)c2ccccc2)cc1. The van der Waals surface area contributed by atoms with Crippen molar-refractivity contribution in [3.63, 3.8) is 0 Å². The molecule has 0 unspecified atom stereocenters. The molecule has 0 spiro atoms. The molecule has 0 fully saturated rings. The third-order valence-electron chi connectivity index (χ3n) is 4.65. The van der Waals surface area contributed by atoms with Crippen LogP contribution < -0.4 is 9.62 Å². The summed E-state index contributed by atoms with van der Waals surface area (Å²) in [5.41, 5.74) is 3.05. The molecule has 6 heteroatoms. The number of rotatable bonds is 7. The van der Waals surface area contributed by atoms with E-state index in [2.05, 4.69) is 12.2 Å². The Morgan fingerprint density at radius 2 is 1.52 bits per heavy atom. The highest BCUT2D eigenvalue weighted by molar-refractivity contribution is 7.92. The van der Waals surface area contributed by atoms with Crippen molar-refractivity contribution < 1.29 is 13.2 Å². The van der Waals surface area contributed by atoms with E-state index in [4.69, 9.17) is 0 Å². The number of para-hydroxylation sites is 1. The lowest BCUT2D eigenvalue weighted by Crippen LogP contribution is -2.38. The van der Waals surface area contributed by atoms with Crippen LogP contribution in [0.5, 0.6) is 0 Å². The maximum Gasteiger partial charge on any atom is 0.264 e. The van der Waals surface area contributed by atoms with E-state index in [0.29, 0.717) is 11.4 Å². The van der Waals surface area contributed by atoms with E-state index in [-0.39, 0.29) is 11.4 Å². The summed E-state index contributed by atoms with van der Waals surface area (Å²) in [5.74, 6) is -0.406. The summed E-state index contributed by atoms with van der Waals surface area (Å²) >= 11 is 0. The van der Waals surface area contributed by atoms with E-state index in [0.717, 1.165) is 21.9 Å². The molecule has 0 bridgehead atoms. The largest absolute Gasteiger partial charge is 0.325 e. The maximum absolute atomic E-state index is 13.3. The molecule has 150 valence electrons. The average molecular weight is 409 g/mol. The molecule has 0 radical (unpaired) electrons. The van der Waals surface area contributed by atoms with Gasteiger partial charge in [-0.25, -0.2) is 8.42 Å². The molecule has 5 nitrogen and oxygen atoms in total. The van der Waals surface area contributed by atoms with Crippen LogP contribution in [-0.2, 0) is 21.2 Å². The third-order valence-corrected chi connectivity index (χ3v) is 6.42. The van der Waals surface area contributed by atoms with Gasteiger partial charge in [0.1, 0.15) is 6.54 Å². The van der Waals surface area contributed by atoms with Gasteiger partial charge < -0.3 is 5.32 Å². The van der Waals surface area contributed by atoms with Crippen LogP contribution in [-0.4, -0.2) is 20.9 Å². The molecule has 29 heavy (non-hydrogen) atoms. The van der Waals surface area contributed by atoms with Crippen molar-refractivity contribution in [1.29, 1.82) is 0 Å². The van der Waals surface area contributed by atoms with Gasteiger partial charge in [-0.2, -0.15) is 0 Å². The average Bonchev–Trinajstić information content (AvgIpc) is 2.74. The van der Waals surface area contributed by atoms with Gasteiger partial charge in [-0.1, -0.05) is 55.5 Å². The minimum absolute atomic E-state index is 0.142. The first-order valence-electron chi connectivity index (χ1n) is 9.44. The molecule has 3 aromatic rings. The van der Waals surface area contributed by atoms with Crippen LogP contribution in [0.2, 0.25) is 0 Å². The summed E-state index contributed by atoms with van der Waals surface area (Å²) < 4.78 is 27.8. The van der Waals surface area contributed by atoms with E-state index in [1.54, 1.807) is 30.3 Å². The van der Waals surface area contributed by atoms with Crippen LogP contribution in [0.1, 0.15) is 18.1 Å². The first kappa shape index (κ1) is 20.6. The Morgan fingerprint density at radius 1 is 0.897 bits per heavy atom. The van der Waals surface area contributed by atoms with Crippen molar-refractivity contribution in [2.75, 3.05) is 16.2 Å². The molecular weight excluding hydrogens is 384 g/mol. The molecule has 0 aliphatic rings. The predicted octanol–water partition coefficient (Wildman–Crippen LogP) is 4.39. The molecule has 0 atom stereocenters. The van der Waals surface area contributed by atoms with Crippen molar-refractivity contribution in [2.45, 2.75) is 25.2 Å². The van der Waals surface area contributed by atoms with Gasteiger partial charge in [0, 0.05) is 5.69 Å². The summed E-state index contributed by atoms with van der Waals surface area (Å²) in [5, 5.41) is 2.79. The normalized spacial score (nSPS) is 11.1. The number of carbonyl (C=O) groups excluding carboxylic acids is 1. The van der Waals surface area contributed by atoms with Crippen LogP contribution in [0.3, 0.4) is 0 Å². The van der Waals surface area contributed by atoms with Gasteiger partial charge >= 0.3 is 0 Å². The molecule has 0 heterocycles. The summed E-state index contributed by atoms with van der Waals surface area (Å²) in [6.07, 6.45) is 0.907. The number of amides is 1. The molecule has 3 aromatic carbocycles. The van der Waals surface area contributed by atoms with Gasteiger partial charge in [-0.05, 0) is 54.8 Å². The fourth-order valence-corrected chi connectivity index (χ4v) is 4.52. The lowest BCUT2D eigenvalue weighted by molar-refractivity contribution is -0.114. The second-order valence-electron chi connectivity index (χ2n) is 6.71. The van der Waals surface area contributed by atoms with Gasteiger partial charge in [0.05, 0.1) is 10.6 Å². The smallest absolute Gasteiger partial charge is 0.264 e. The predicted molar refractivity (Wildman–Crippen MR) is 117 cm³/mol. The van der Waals surface area contributed by atoms with Gasteiger partial charge in [0.25, 0.3) is 10.0 Å². The lowest BCUT2D eigenvalue weighted by atomic mass is 10.1. The van der Waals surface area contributed by atoms with Crippen molar-refractivity contribution in [1.82, 2.24) is 0 Å². The van der Waals surface area contributed by atoms with Crippen LogP contribution in [0, 0.1) is 6.92 Å². The minimum Gasteiger partial charge on any atom is -0.325 e. The molecule has 1 N–H and O–H groups in total. The molecule has 0 aliphatic heterocycles. The molecule has 3 rings (SSSR count). The zero-order valence-corrected chi connectivity index (χ0v) is 17.3. The van der Waals surface area contributed by atoms with E-state index in [1.165, 1.54) is 12.1 Å². The summed E-state index contributed by atoms with van der Waals surface area (Å²) in [6.45, 7) is 3.56. The number of benzene rings is 3. The standard InChI is InChI=1S/C23H24N2O3S/c1-3-19-13-15-20(16-14-19)24-23(26)17-25(22-12-8-7-9-18(22)2)29(27,28)21-10-5-4-6-11-21/h4-16H,3,17H2,1-2H3,(H,24,26). The van der Waals surface area contributed by atoms with Crippen molar-refractivity contribution in [2.24, 2.45) is 0 Å². The number of hydrogen-bond acceptors (Lipinski definition) is 3. The number of sulfonamides is 1. The van der Waals surface area contributed by atoms with Crippen LogP contribution in [0.4, 0.5) is 11.4 Å². The second kappa shape index (κ2) is 8.92. The Labute approximate surface area is 172 Å². The van der Waals surface area contributed by atoms with Crippen molar-refractivity contribution in [3.05, 3.63) is 90.0 Å². The maximum atomic E-state index is 13.3. The number of carbonyl (C=O) groups is 1. The highest BCUT2D eigenvalue weighted by Gasteiger charge is 2.28. The van der Waals surface area contributed by atoms with E-state index in [9.17, 15) is 13.2 Å². The first-order chi connectivity index (χ1) is 13.9.